The number of carbonyl (C=O) groups excluding carboxylic acids is 1. The third-order valence-corrected chi connectivity index (χ3v) is 2.80. The molecule has 2 aromatic rings. The van der Waals surface area contributed by atoms with Crippen LogP contribution in [0, 0.1) is 13.8 Å². The summed E-state index contributed by atoms with van der Waals surface area (Å²) in [7, 11) is 0. The average molecular weight is 294 g/mol. The fourth-order valence-electron chi connectivity index (χ4n) is 1.95. The summed E-state index contributed by atoms with van der Waals surface area (Å²) in [6.07, 6.45) is -3.59. The average Bonchev–Trinajstić information content (AvgIpc) is 2.36. The van der Waals surface area contributed by atoms with Gasteiger partial charge in [0.1, 0.15) is 5.69 Å². The number of carbonyl (C=O) groups is 1. The van der Waals surface area contributed by atoms with E-state index >= 15 is 0 Å². The normalized spacial score (nSPS) is 11.3. The maximum Gasteiger partial charge on any atom is 0.433 e. The third kappa shape index (κ3) is 3.81. The molecule has 1 heterocycles. The molecule has 110 valence electrons. The number of aromatic nitrogens is 1. The number of hydrogen-bond donors (Lipinski definition) is 1. The van der Waals surface area contributed by atoms with Gasteiger partial charge in [-0.15, -0.1) is 0 Å². The summed E-state index contributed by atoms with van der Waals surface area (Å²) >= 11 is 0. The summed E-state index contributed by atoms with van der Waals surface area (Å²) in [6.45, 7) is 3.78. The second-order valence-electron chi connectivity index (χ2n) is 4.76. The maximum absolute atomic E-state index is 12.4. The first-order valence-electron chi connectivity index (χ1n) is 6.18. The van der Waals surface area contributed by atoms with Gasteiger partial charge in [0.15, 0.2) is 0 Å². The lowest BCUT2D eigenvalue weighted by Crippen LogP contribution is -2.14. The summed E-state index contributed by atoms with van der Waals surface area (Å²) in [5.41, 5.74) is 1.61. The first-order chi connectivity index (χ1) is 9.75. The van der Waals surface area contributed by atoms with Crippen LogP contribution in [0.1, 0.15) is 27.2 Å². The molecule has 3 nitrogen and oxygen atoms in total. The number of rotatable bonds is 2. The number of alkyl halides is 3. The fourth-order valence-corrected chi connectivity index (χ4v) is 1.95. The Kier molecular flexibility index (Phi) is 3.97. The standard InChI is InChI=1S/C15H13F3N2O/c1-9-5-10(2)7-12(6-9)20-14(21)11-3-4-13(19-8-11)15(16,17)18/h3-8H,1-2H3,(H,20,21). The molecule has 1 N–H and O–H groups in total. The molecule has 0 saturated heterocycles. The Balaban J connectivity index is 2.17. The number of nitrogens with one attached hydrogen (secondary N) is 1. The van der Waals surface area contributed by atoms with Crippen molar-refractivity contribution in [3.63, 3.8) is 0 Å². The quantitative estimate of drug-likeness (QED) is 0.910. The van der Waals surface area contributed by atoms with Gasteiger partial charge in [0, 0.05) is 11.9 Å². The highest BCUT2D eigenvalue weighted by Gasteiger charge is 2.32. The molecule has 21 heavy (non-hydrogen) atoms. The number of benzene rings is 1. The molecule has 0 spiro atoms. The number of hydrogen-bond acceptors (Lipinski definition) is 2. The van der Waals surface area contributed by atoms with E-state index in [1.54, 1.807) is 12.1 Å². The number of pyridine rings is 1. The van der Waals surface area contributed by atoms with Crippen molar-refractivity contribution in [2.45, 2.75) is 20.0 Å². The molecule has 0 atom stereocenters. The number of nitrogens with zero attached hydrogens (tertiary/aromatic N) is 1. The van der Waals surface area contributed by atoms with Crippen molar-refractivity contribution in [3.8, 4) is 0 Å². The van der Waals surface area contributed by atoms with Crippen molar-refractivity contribution in [1.29, 1.82) is 0 Å². The van der Waals surface area contributed by atoms with Crippen molar-refractivity contribution >= 4 is 11.6 Å². The predicted octanol–water partition coefficient (Wildman–Crippen LogP) is 3.97. The monoisotopic (exact) mass is 294 g/mol. The van der Waals surface area contributed by atoms with Gasteiger partial charge < -0.3 is 5.32 Å². The maximum atomic E-state index is 12.4. The van der Waals surface area contributed by atoms with Crippen LogP contribution in [0.25, 0.3) is 0 Å². The molecule has 0 aliphatic rings. The molecule has 0 bridgehead atoms. The Morgan fingerprint density at radius 2 is 1.71 bits per heavy atom. The summed E-state index contributed by atoms with van der Waals surface area (Å²) < 4.78 is 37.2. The van der Waals surface area contributed by atoms with Gasteiger partial charge in [0.2, 0.25) is 0 Å². The van der Waals surface area contributed by atoms with E-state index in [0.717, 1.165) is 29.5 Å². The smallest absolute Gasteiger partial charge is 0.322 e. The second kappa shape index (κ2) is 5.55. The SMILES string of the molecule is Cc1cc(C)cc(NC(=O)c2ccc(C(F)(F)F)nc2)c1. The molecule has 2 rings (SSSR count). The van der Waals surface area contributed by atoms with Crippen molar-refractivity contribution < 1.29 is 18.0 Å². The molecule has 6 heteroatoms. The van der Waals surface area contributed by atoms with Crippen molar-refractivity contribution in [1.82, 2.24) is 4.98 Å². The van der Waals surface area contributed by atoms with Crippen molar-refractivity contribution in [3.05, 3.63) is 58.9 Å². The van der Waals surface area contributed by atoms with E-state index < -0.39 is 17.8 Å². The van der Waals surface area contributed by atoms with E-state index in [1.807, 2.05) is 19.9 Å². The molecule has 0 aliphatic heterocycles. The van der Waals surface area contributed by atoms with Crippen LogP contribution in [0.4, 0.5) is 18.9 Å². The Morgan fingerprint density at radius 3 is 2.19 bits per heavy atom. The zero-order valence-electron chi connectivity index (χ0n) is 11.5. The van der Waals surface area contributed by atoms with E-state index in [-0.39, 0.29) is 5.56 Å². The first kappa shape index (κ1) is 15.0. The van der Waals surface area contributed by atoms with E-state index in [1.165, 1.54) is 0 Å². The molecule has 0 saturated carbocycles. The Morgan fingerprint density at radius 1 is 1.10 bits per heavy atom. The van der Waals surface area contributed by atoms with E-state index in [0.29, 0.717) is 5.69 Å². The van der Waals surface area contributed by atoms with Crippen LogP contribution in [0.15, 0.2) is 36.5 Å². The fraction of sp³-hybridized carbons (Fsp3) is 0.200. The lowest BCUT2D eigenvalue weighted by atomic mass is 10.1. The molecule has 1 aromatic heterocycles. The van der Waals surface area contributed by atoms with Gasteiger partial charge in [-0.3, -0.25) is 9.78 Å². The highest BCUT2D eigenvalue weighted by Crippen LogP contribution is 2.27. The lowest BCUT2D eigenvalue weighted by Gasteiger charge is -2.09. The third-order valence-electron chi connectivity index (χ3n) is 2.80. The van der Waals surface area contributed by atoms with Gasteiger partial charge in [-0.2, -0.15) is 13.2 Å². The van der Waals surface area contributed by atoms with Crippen LogP contribution < -0.4 is 5.32 Å². The Hall–Kier alpha value is -2.37. The number of aryl methyl sites for hydroxylation is 2. The van der Waals surface area contributed by atoms with Gasteiger partial charge in [-0.1, -0.05) is 6.07 Å². The minimum atomic E-state index is -4.51. The van der Waals surface area contributed by atoms with E-state index in [4.69, 9.17) is 0 Å². The van der Waals surface area contributed by atoms with Crippen LogP contribution in [0.2, 0.25) is 0 Å². The summed E-state index contributed by atoms with van der Waals surface area (Å²) in [6, 6.07) is 7.41. The van der Waals surface area contributed by atoms with Crippen molar-refractivity contribution in [2.24, 2.45) is 0 Å². The molecular formula is C15H13F3N2O. The minimum Gasteiger partial charge on any atom is -0.322 e. The lowest BCUT2D eigenvalue weighted by molar-refractivity contribution is -0.141. The molecule has 0 radical (unpaired) electrons. The topological polar surface area (TPSA) is 42.0 Å². The van der Waals surface area contributed by atoms with Crippen LogP contribution >= 0.6 is 0 Å². The summed E-state index contributed by atoms with van der Waals surface area (Å²) in [5.74, 6) is -0.499. The van der Waals surface area contributed by atoms with E-state index in [2.05, 4.69) is 10.3 Å². The van der Waals surface area contributed by atoms with Crippen LogP contribution in [-0.4, -0.2) is 10.9 Å². The molecule has 1 aromatic carbocycles. The second-order valence-corrected chi connectivity index (χ2v) is 4.76. The molecule has 0 fully saturated rings. The first-order valence-corrected chi connectivity index (χ1v) is 6.18. The van der Waals surface area contributed by atoms with Crippen LogP contribution in [0.3, 0.4) is 0 Å². The van der Waals surface area contributed by atoms with Gasteiger partial charge in [0.05, 0.1) is 5.56 Å². The van der Waals surface area contributed by atoms with Crippen LogP contribution in [0.5, 0.6) is 0 Å². The Labute approximate surface area is 119 Å². The van der Waals surface area contributed by atoms with Gasteiger partial charge in [-0.25, -0.2) is 0 Å². The van der Waals surface area contributed by atoms with Gasteiger partial charge >= 0.3 is 6.18 Å². The zero-order chi connectivity index (χ0) is 15.6. The largest absolute Gasteiger partial charge is 0.433 e. The van der Waals surface area contributed by atoms with Crippen molar-refractivity contribution in [2.75, 3.05) is 5.32 Å². The molecule has 1 amide bonds. The number of amides is 1. The molecular weight excluding hydrogens is 281 g/mol. The predicted molar refractivity (Wildman–Crippen MR) is 73.1 cm³/mol. The molecule has 0 aliphatic carbocycles. The van der Waals surface area contributed by atoms with Gasteiger partial charge in [-0.05, 0) is 49.2 Å². The number of halogens is 3. The zero-order valence-corrected chi connectivity index (χ0v) is 11.5. The van der Waals surface area contributed by atoms with Crippen LogP contribution in [-0.2, 0) is 6.18 Å². The highest BCUT2D eigenvalue weighted by molar-refractivity contribution is 6.04. The van der Waals surface area contributed by atoms with Gasteiger partial charge in [0.25, 0.3) is 5.91 Å². The summed E-state index contributed by atoms with van der Waals surface area (Å²) in [4.78, 5) is 15.2. The minimum absolute atomic E-state index is 0.0714. The van der Waals surface area contributed by atoms with E-state index in [9.17, 15) is 18.0 Å². The molecule has 0 unspecified atom stereocenters. The number of anilines is 1. The Bertz CT molecular complexity index is 643. The summed E-state index contributed by atoms with van der Waals surface area (Å²) in [5, 5.41) is 2.64. The highest BCUT2D eigenvalue weighted by atomic mass is 19.4.